The van der Waals surface area contributed by atoms with Crippen LogP contribution in [-0.2, 0) is 11.2 Å². The fraction of sp³-hybridized carbons (Fsp3) is 0.192. The molecule has 1 amide bonds. The molecule has 1 N–H and O–H groups in total. The SMILES string of the molecule is COc1ccc(CCN2C(=O)C(O)=C(c3ccc(F)cc3)C2c2ccc(F)cc2)cc1OC. The third kappa shape index (κ3) is 4.39. The second-order valence-electron chi connectivity index (χ2n) is 7.66. The highest BCUT2D eigenvalue weighted by Crippen LogP contribution is 2.43. The zero-order valence-electron chi connectivity index (χ0n) is 18.2. The molecule has 1 aliphatic rings. The third-order valence-corrected chi connectivity index (χ3v) is 5.73. The summed E-state index contributed by atoms with van der Waals surface area (Å²) in [6.07, 6.45) is 0.480. The number of nitrogens with zero attached hydrogens (tertiary/aromatic N) is 1. The summed E-state index contributed by atoms with van der Waals surface area (Å²) in [7, 11) is 3.10. The Hall–Kier alpha value is -3.87. The van der Waals surface area contributed by atoms with Crippen molar-refractivity contribution in [3.05, 3.63) is 101 Å². The van der Waals surface area contributed by atoms with Crippen molar-refractivity contribution in [2.24, 2.45) is 0 Å². The molecule has 0 radical (unpaired) electrons. The van der Waals surface area contributed by atoms with E-state index in [1.54, 1.807) is 32.4 Å². The fourth-order valence-corrected chi connectivity index (χ4v) is 4.09. The number of rotatable bonds is 7. The molecule has 0 saturated carbocycles. The summed E-state index contributed by atoms with van der Waals surface area (Å²) in [5, 5.41) is 10.8. The van der Waals surface area contributed by atoms with Crippen LogP contribution in [0, 0.1) is 11.6 Å². The van der Waals surface area contributed by atoms with Crippen molar-refractivity contribution in [3.8, 4) is 11.5 Å². The van der Waals surface area contributed by atoms with E-state index in [-0.39, 0.29) is 6.54 Å². The first kappa shape index (κ1) is 22.3. The Bertz CT molecular complexity index is 1190. The number of carbonyl (C=O) groups is 1. The van der Waals surface area contributed by atoms with Crippen molar-refractivity contribution < 1.29 is 28.2 Å². The predicted octanol–water partition coefficient (Wildman–Crippen LogP) is 5.08. The molecular formula is C26H23F2NO4. The Morgan fingerprint density at radius 1 is 0.879 bits per heavy atom. The maximum absolute atomic E-state index is 13.6. The smallest absolute Gasteiger partial charge is 0.289 e. The van der Waals surface area contributed by atoms with Crippen LogP contribution < -0.4 is 9.47 Å². The first-order valence-electron chi connectivity index (χ1n) is 10.4. The van der Waals surface area contributed by atoms with Gasteiger partial charge in [0, 0.05) is 12.1 Å². The van der Waals surface area contributed by atoms with Crippen LogP contribution in [0.1, 0.15) is 22.7 Å². The van der Waals surface area contributed by atoms with E-state index in [0.29, 0.717) is 34.6 Å². The summed E-state index contributed by atoms with van der Waals surface area (Å²) in [6, 6.07) is 16.2. The largest absolute Gasteiger partial charge is 0.503 e. The molecule has 0 bridgehead atoms. The number of aliphatic hydroxyl groups excluding tert-OH is 1. The van der Waals surface area contributed by atoms with Crippen molar-refractivity contribution in [2.75, 3.05) is 20.8 Å². The lowest BCUT2D eigenvalue weighted by atomic mass is 9.93. The molecule has 0 saturated heterocycles. The number of amides is 1. The highest BCUT2D eigenvalue weighted by atomic mass is 19.1. The molecule has 0 aliphatic carbocycles. The van der Waals surface area contributed by atoms with Gasteiger partial charge in [-0.3, -0.25) is 4.79 Å². The molecule has 1 aliphatic heterocycles. The van der Waals surface area contributed by atoms with Crippen LogP contribution in [0.2, 0.25) is 0 Å². The number of methoxy groups -OCH3 is 2. The standard InChI is InChI=1S/C26H23F2NO4/c1-32-21-12-3-16(15-22(21)33-2)13-14-29-24(18-6-10-20(28)11-7-18)23(25(30)26(29)31)17-4-8-19(27)9-5-17/h3-12,15,24,30H,13-14H2,1-2H3. The highest BCUT2D eigenvalue weighted by molar-refractivity contribution is 6.05. The van der Waals surface area contributed by atoms with Gasteiger partial charge in [0.05, 0.1) is 20.3 Å². The molecule has 3 aromatic rings. The van der Waals surface area contributed by atoms with Gasteiger partial charge in [-0.25, -0.2) is 8.78 Å². The molecule has 3 aromatic carbocycles. The fourth-order valence-electron chi connectivity index (χ4n) is 4.09. The van der Waals surface area contributed by atoms with Crippen molar-refractivity contribution >= 4 is 11.5 Å². The molecule has 1 atom stereocenters. The molecule has 5 nitrogen and oxygen atoms in total. The lowest BCUT2D eigenvalue weighted by Gasteiger charge is -2.27. The van der Waals surface area contributed by atoms with Gasteiger partial charge < -0.3 is 19.5 Å². The number of benzene rings is 3. The summed E-state index contributed by atoms with van der Waals surface area (Å²) in [6.45, 7) is 0.283. The second kappa shape index (κ2) is 9.32. The number of carbonyl (C=O) groups excluding carboxylic acids is 1. The van der Waals surface area contributed by atoms with Crippen LogP contribution in [0.5, 0.6) is 11.5 Å². The van der Waals surface area contributed by atoms with Crippen molar-refractivity contribution in [1.82, 2.24) is 4.90 Å². The average Bonchev–Trinajstić information content (AvgIpc) is 3.08. The van der Waals surface area contributed by atoms with E-state index in [0.717, 1.165) is 5.56 Å². The van der Waals surface area contributed by atoms with E-state index in [1.165, 1.54) is 41.3 Å². The summed E-state index contributed by atoms with van der Waals surface area (Å²) in [5.74, 6) is -0.595. The number of ether oxygens (including phenoxy) is 2. The minimum atomic E-state index is -0.649. The van der Waals surface area contributed by atoms with E-state index in [4.69, 9.17) is 9.47 Å². The molecule has 7 heteroatoms. The van der Waals surface area contributed by atoms with Crippen LogP contribution in [0.4, 0.5) is 8.78 Å². The van der Waals surface area contributed by atoms with Crippen LogP contribution in [0.15, 0.2) is 72.5 Å². The van der Waals surface area contributed by atoms with Crippen molar-refractivity contribution in [3.63, 3.8) is 0 Å². The Morgan fingerprint density at radius 3 is 2.09 bits per heavy atom. The molecule has 0 spiro atoms. The van der Waals surface area contributed by atoms with Gasteiger partial charge in [0.25, 0.3) is 5.91 Å². The van der Waals surface area contributed by atoms with Crippen LogP contribution in [0.25, 0.3) is 5.57 Å². The van der Waals surface area contributed by atoms with E-state index < -0.39 is 29.3 Å². The normalized spacial score (nSPS) is 15.8. The molecule has 4 rings (SSSR count). The summed E-state index contributed by atoms with van der Waals surface area (Å²) < 4.78 is 37.7. The minimum Gasteiger partial charge on any atom is -0.503 e. The summed E-state index contributed by atoms with van der Waals surface area (Å²) >= 11 is 0. The van der Waals surface area contributed by atoms with Gasteiger partial charge in [-0.1, -0.05) is 30.3 Å². The quantitative estimate of drug-likeness (QED) is 0.545. The van der Waals surface area contributed by atoms with Gasteiger partial charge >= 0.3 is 0 Å². The molecule has 0 fully saturated rings. The zero-order chi connectivity index (χ0) is 23.5. The minimum absolute atomic E-state index is 0.283. The summed E-state index contributed by atoms with van der Waals surface area (Å²) in [5.41, 5.74) is 2.43. The number of hydrogen-bond donors (Lipinski definition) is 1. The Labute approximate surface area is 190 Å². The average molecular weight is 451 g/mol. The van der Waals surface area contributed by atoms with Gasteiger partial charge in [0.2, 0.25) is 0 Å². The zero-order valence-corrected chi connectivity index (χ0v) is 18.2. The van der Waals surface area contributed by atoms with E-state index >= 15 is 0 Å². The number of halogens is 2. The molecule has 0 aromatic heterocycles. The Kier molecular flexibility index (Phi) is 6.31. The molecule has 170 valence electrons. The number of hydrogen-bond acceptors (Lipinski definition) is 4. The molecule has 33 heavy (non-hydrogen) atoms. The van der Waals surface area contributed by atoms with E-state index in [9.17, 15) is 18.7 Å². The van der Waals surface area contributed by atoms with E-state index in [2.05, 4.69) is 0 Å². The molecule has 1 heterocycles. The van der Waals surface area contributed by atoms with Crippen LogP contribution in [0.3, 0.4) is 0 Å². The summed E-state index contributed by atoms with van der Waals surface area (Å²) in [4.78, 5) is 14.6. The molecular weight excluding hydrogens is 428 g/mol. The van der Waals surface area contributed by atoms with Crippen molar-refractivity contribution in [1.29, 1.82) is 0 Å². The van der Waals surface area contributed by atoms with Gasteiger partial charge in [-0.15, -0.1) is 0 Å². The monoisotopic (exact) mass is 451 g/mol. The predicted molar refractivity (Wildman–Crippen MR) is 120 cm³/mol. The Morgan fingerprint density at radius 2 is 1.48 bits per heavy atom. The number of aliphatic hydroxyl groups is 1. The Balaban J connectivity index is 1.68. The maximum Gasteiger partial charge on any atom is 0.289 e. The lowest BCUT2D eigenvalue weighted by Crippen LogP contribution is -2.32. The molecule has 1 unspecified atom stereocenters. The van der Waals surface area contributed by atoms with E-state index in [1.807, 2.05) is 12.1 Å². The first-order chi connectivity index (χ1) is 15.9. The highest BCUT2D eigenvalue weighted by Gasteiger charge is 2.40. The second-order valence-corrected chi connectivity index (χ2v) is 7.66. The van der Waals surface area contributed by atoms with Gasteiger partial charge in [0.1, 0.15) is 11.6 Å². The van der Waals surface area contributed by atoms with Gasteiger partial charge in [-0.05, 0) is 59.5 Å². The van der Waals surface area contributed by atoms with Crippen LogP contribution in [-0.4, -0.2) is 36.7 Å². The third-order valence-electron chi connectivity index (χ3n) is 5.73. The van der Waals surface area contributed by atoms with Gasteiger partial charge in [-0.2, -0.15) is 0 Å². The lowest BCUT2D eigenvalue weighted by molar-refractivity contribution is -0.129. The maximum atomic E-state index is 13.6. The van der Waals surface area contributed by atoms with Crippen molar-refractivity contribution in [2.45, 2.75) is 12.5 Å². The topological polar surface area (TPSA) is 59.0 Å². The van der Waals surface area contributed by atoms with Crippen LogP contribution >= 0.6 is 0 Å². The first-order valence-corrected chi connectivity index (χ1v) is 10.4. The van der Waals surface area contributed by atoms with Gasteiger partial charge in [0.15, 0.2) is 17.3 Å².